The monoisotopic (exact) mass is 384 g/mol. The van der Waals surface area contributed by atoms with Crippen LogP contribution in [0.25, 0.3) is 11.3 Å². The fourth-order valence-corrected chi connectivity index (χ4v) is 3.81. The lowest BCUT2D eigenvalue weighted by molar-refractivity contribution is 0.254. The average molecular weight is 384 g/mol. The molecule has 1 atom stereocenters. The van der Waals surface area contributed by atoms with Crippen LogP contribution < -0.4 is 15.1 Å². The highest BCUT2D eigenvalue weighted by Gasteiger charge is 2.40. The Labute approximate surface area is 166 Å². The van der Waals surface area contributed by atoms with Crippen LogP contribution in [0.1, 0.15) is 12.0 Å². The maximum absolute atomic E-state index is 13.1. The number of pyridine rings is 2. The fraction of sp³-hybridized carbons (Fsp3) is 0.200. The third kappa shape index (κ3) is 3.00. The van der Waals surface area contributed by atoms with Crippen LogP contribution in [0.15, 0.2) is 49.2 Å². The normalized spacial score (nSPS) is 16.9. The molecule has 2 amide bonds. The minimum absolute atomic E-state index is 0.0329. The van der Waals surface area contributed by atoms with Gasteiger partial charge in [0.25, 0.3) is 0 Å². The molecule has 0 unspecified atom stereocenters. The highest BCUT2D eigenvalue weighted by molar-refractivity contribution is 6.04. The molecule has 9 nitrogen and oxygen atoms in total. The van der Waals surface area contributed by atoms with Gasteiger partial charge >= 0.3 is 6.03 Å². The van der Waals surface area contributed by atoms with E-state index in [-0.39, 0.29) is 12.1 Å². The Kier molecular flexibility index (Phi) is 4.02. The van der Waals surface area contributed by atoms with Gasteiger partial charge in [-0.15, -0.1) is 0 Å². The van der Waals surface area contributed by atoms with Gasteiger partial charge in [0.15, 0.2) is 11.6 Å². The van der Waals surface area contributed by atoms with Crippen LogP contribution in [0.3, 0.4) is 0 Å². The third-order valence-electron chi connectivity index (χ3n) is 5.13. The predicted molar refractivity (Wildman–Crippen MR) is 106 cm³/mol. The van der Waals surface area contributed by atoms with E-state index in [1.54, 1.807) is 23.4 Å². The first kappa shape index (κ1) is 17.1. The number of hydrogen-bond acceptors (Lipinski definition) is 7. The largest absolute Gasteiger partial charge is 0.366 e. The minimum Gasteiger partial charge on any atom is -0.366 e. The third-order valence-corrected chi connectivity index (χ3v) is 5.13. The van der Waals surface area contributed by atoms with Crippen molar-refractivity contribution in [3.05, 3.63) is 54.7 Å². The number of carbonyl (C=O) groups is 1. The van der Waals surface area contributed by atoms with E-state index < -0.39 is 0 Å². The Bertz CT molecular complexity index is 1130. The van der Waals surface area contributed by atoms with Crippen molar-refractivity contribution in [2.45, 2.75) is 12.5 Å². The zero-order chi connectivity index (χ0) is 19.8. The molecule has 2 aliphatic rings. The molecule has 9 heteroatoms. The van der Waals surface area contributed by atoms with Crippen LogP contribution in [-0.4, -0.2) is 45.1 Å². The molecule has 5 heterocycles. The first-order chi connectivity index (χ1) is 14.2. The van der Waals surface area contributed by atoms with E-state index >= 15 is 0 Å². The summed E-state index contributed by atoms with van der Waals surface area (Å²) in [6.07, 6.45) is 8.63. The van der Waals surface area contributed by atoms with Crippen molar-refractivity contribution in [3.63, 3.8) is 0 Å². The van der Waals surface area contributed by atoms with Gasteiger partial charge < -0.3 is 4.90 Å². The van der Waals surface area contributed by atoms with Gasteiger partial charge in [-0.25, -0.2) is 14.8 Å². The lowest BCUT2D eigenvalue weighted by Crippen LogP contribution is -2.48. The SMILES string of the molecule is N#Cc1cncc(-c2ccc3c(n2)N(C(=O)Nc2cnccn2)[C@H]2CCN3C2)c1. The summed E-state index contributed by atoms with van der Waals surface area (Å²) in [6.45, 7) is 1.65. The van der Waals surface area contributed by atoms with Crippen molar-refractivity contribution in [1.29, 1.82) is 5.26 Å². The predicted octanol–water partition coefficient (Wildman–Crippen LogP) is 2.44. The summed E-state index contributed by atoms with van der Waals surface area (Å²) in [5, 5.41) is 12.0. The van der Waals surface area contributed by atoms with Gasteiger partial charge in [-0.1, -0.05) is 0 Å². The van der Waals surface area contributed by atoms with Crippen LogP contribution in [0.4, 0.5) is 22.1 Å². The average Bonchev–Trinajstić information content (AvgIpc) is 3.18. The van der Waals surface area contributed by atoms with Crippen molar-refractivity contribution in [3.8, 4) is 17.3 Å². The number of urea groups is 1. The highest BCUT2D eigenvalue weighted by Crippen LogP contribution is 2.40. The van der Waals surface area contributed by atoms with E-state index in [9.17, 15) is 4.79 Å². The molecule has 142 valence electrons. The first-order valence-corrected chi connectivity index (χ1v) is 9.20. The maximum atomic E-state index is 13.1. The second-order valence-corrected chi connectivity index (χ2v) is 6.89. The zero-order valence-electron chi connectivity index (χ0n) is 15.4. The number of nitrogens with zero attached hydrogens (tertiary/aromatic N) is 7. The molecular weight excluding hydrogens is 368 g/mol. The Morgan fingerprint density at radius 2 is 2.14 bits per heavy atom. The van der Waals surface area contributed by atoms with Crippen LogP contribution in [-0.2, 0) is 0 Å². The molecular formula is C20H16N8O. The highest BCUT2D eigenvalue weighted by atomic mass is 16.2. The topological polar surface area (TPSA) is 111 Å². The van der Waals surface area contributed by atoms with Gasteiger partial charge in [0, 0.05) is 43.4 Å². The molecule has 2 bridgehead atoms. The number of nitrogens with one attached hydrogen (secondary N) is 1. The molecule has 0 radical (unpaired) electrons. The number of fused-ring (bicyclic) bond motifs is 4. The Balaban J connectivity index is 1.55. The van der Waals surface area contributed by atoms with Crippen molar-refractivity contribution in [2.75, 3.05) is 28.2 Å². The van der Waals surface area contributed by atoms with E-state index in [2.05, 4.69) is 31.2 Å². The molecule has 0 spiro atoms. The van der Waals surface area contributed by atoms with E-state index in [4.69, 9.17) is 10.2 Å². The summed E-state index contributed by atoms with van der Waals surface area (Å²) in [7, 11) is 0. The smallest absolute Gasteiger partial charge is 0.329 e. The van der Waals surface area contributed by atoms with Gasteiger partial charge in [-0.2, -0.15) is 5.26 Å². The molecule has 5 rings (SSSR count). The van der Waals surface area contributed by atoms with Crippen molar-refractivity contribution < 1.29 is 4.79 Å². The van der Waals surface area contributed by atoms with E-state index in [0.29, 0.717) is 22.9 Å². The van der Waals surface area contributed by atoms with Crippen LogP contribution >= 0.6 is 0 Å². The quantitative estimate of drug-likeness (QED) is 0.722. The van der Waals surface area contributed by atoms with E-state index in [1.807, 2.05) is 12.1 Å². The van der Waals surface area contributed by atoms with Gasteiger partial charge in [0.05, 0.1) is 29.2 Å². The number of nitriles is 1. The summed E-state index contributed by atoms with van der Waals surface area (Å²) < 4.78 is 0. The molecule has 0 aliphatic carbocycles. The second kappa shape index (κ2) is 6.83. The van der Waals surface area contributed by atoms with Gasteiger partial charge in [-0.3, -0.25) is 20.2 Å². The number of anilines is 3. The molecule has 2 aliphatic heterocycles. The van der Waals surface area contributed by atoms with Crippen molar-refractivity contribution in [2.24, 2.45) is 0 Å². The summed E-state index contributed by atoms with van der Waals surface area (Å²) in [6, 6.07) is 7.45. The summed E-state index contributed by atoms with van der Waals surface area (Å²) >= 11 is 0. The lowest BCUT2D eigenvalue weighted by atomic mass is 10.1. The van der Waals surface area contributed by atoms with Crippen molar-refractivity contribution in [1.82, 2.24) is 19.9 Å². The summed E-state index contributed by atoms with van der Waals surface area (Å²) in [5.41, 5.74) is 2.77. The maximum Gasteiger partial charge on any atom is 0.329 e. The number of rotatable bonds is 2. The zero-order valence-corrected chi connectivity index (χ0v) is 15.4. The summed E-state index contributed by atoms with van der Waals surface area (Å²) in [4.78, 5) is 34.1. The second-order valence-electron chi connectivity index (χ2n) is 6.89. The molecule has 0 saturated carbocycles. The van der Waals surface area contributed by atoms with Gasteiger partial charge in [0.1, 0.15) is 6.07 Å². The number of hydrogen-bond donors (Lipinski definition) is 1. The molecule has 0 aromatic carbocycles. The van der Waals surface area contributed by atoms with Crippen LogP contribution in [0, 0.1) is 11.3 Å². The molecule has 1 fully saturated rings. The lowest BCUT2D eigenvalue weighted by Gasteiger charge is -2.35. The van der Waals surface area contributed by atoms with Gasteiger partial charge in [0.2, 0.25) is 0 Å². The van der Waals surface area contributed by atoms with E-state index in [0.717, 1.165) is 30.8 Å². The van der Waals surface area contributed by atoms with Gasteiger partial charge in [-0.05, 0) is 24.6 Å². The molecule has 29 heavy (non-hydrogen) atoms. The van der Waals surface area contributed by atoms with Crippen LogP contribution in [0.2, 0.25) is 0 Å². The van der Waals surface area contributed by atoms with Crippen molar-refractivity contribution >= 4 is 23.4 Å². The van der Waals surface area contributed by atoms with Crippen LogP contribution in [0.5, 0.6) is 0 Å². The summed E-state index contributed by atoms with van der Waals surface area (Å²) in [5.74, 6) is 0.988. The Hall–Kier alpha value is -4.06. The number of aromatic nitrogens is 4. The molecule has 3 aromatic rings. The Morgan fingerprint density at radius 1 is 1.21 bits per heavy atom. The minimum atomic E-state index is -0.285. The van der Waals surface area contributed by atoms with E-state index in [1.165, 1.54) is 18.6 Å². The number of carbonyl (C=O) groups excluding carboxylic acids is 1. The molecule has 1 N–H and O–H groups in total. The Morgan fingerprint density at radius 3 is 2.97 bits per heavy atom. The molecule has 1 saturated heterocycles. The number of amides is 2. The first-order valence-electron chi connectivity index (χ1n) is 9.20. The molecule has 3 aromatic heterocycles. The fourth-order valence-electron chi connectivity index (χ4n) is 3.81. The standard InChI is InChI=1S/C20H16N8O/c21-8-13-7-14(10-23-9-13)16-1-2-17-19(25-16)28(15-3-6-27(17)12-15)20(29)26-18-11-22-4-5-24-18/h1-2,4-5,7,9-11,15H,3,6,12H2,(H,24,26,29)/t15-/m0/s1.